The topological polar surface area (TPSA) is 71.2 Å². The molecule has 1 aromatic rings. The molecule has 0 saturated heterocycles. The number of aromatic nitrogens is 1. The lowest BCUT2D eigenvalue weighted by Crippen LogP contribution is -2.10. The van der Waals surface area contributed by atoms with Crippen LogP contribution in [0.1, 0.15) is 5.69 Å². The van der Waals surface area contributed by atoms with Crippen LogP contribution in [0.25, 0.3) is 0 Å². The molecule has 0 unspecified atom stereocenters. The van der Waals surface area contributed by atoms with Gasteiger partial charge in [0.2, 0.25) is 0 Å². The van der Waals surface area contributed by atoms with Gasteiger partial charge in [0.25, 0.3) is 0 Å². The molecule has 4 N–H and O–H groups in total. The van der Waals surface area contributed by atoms with Crippen molar-refractivity contribution in [1.29, 1.82) is 0 Å². The molecule has 1 heterocycles. The zero-order valence-corrected chi connectivity index (χ0v) is 6.83. The molecule has 12 heavy (non-hydrogen) atoms. The van der Waals surface area contributed by atoms with Gasteiger partial charge in [0, 0.05) is 19.3 Å². The van der Waals surface area contributed by atoms with E-state index in [4.69, 9.17) is 10.8 Å². The SMILES string of the molecule is NCc1ncccc1NCCO. The van der Waals surface area contributed by atoms with Gasteiger partial charge in [-0.1, -0.05) is 0 Å². The summed E-state index contributed by atoms with van der Waals surface area (Å²) in [4.78, 5) is 4.08. The largest absolute Gasteiger partial charge is 0.395 e. The molecule has 0 amide bonds. The fraction of sp³-hybridized carbons (Fsp3) is 0.375. The highest BCUT2D eigenvalue weighted by molar-refractivity contribution is 5.47. The van der Waals surface area contributed by atoms with E-state index in [-0.39, 0.29) is 6.61 Å². The highest BCUT2D eigenvalue weighted by atomic mass is 16.3. The van der Waals surface area contributed by atoms with Gasteiger partial charge in [-0.3, -0.25) is 4.98 Å². The van der Waals surface area contributed by atoms with Gasteiger partial charge in [-0.15, -0.1) is 0 Å². The summed E-state index contributed by atoms with van der Waals surface area (Å²) in [6, 6.07) is 3.73. The van der Waals surface area contributed by atoms with Crippen LogP contribution in [-0.4, -0.2) is 23.2 Å². The fourth-order valence-electron chi connectivity index (χ4n) is 0.952. The molecule has 0 fully saturated rings. The van der Waals surface area contributed by atoms with E-state index in [1.807, 2.05) is 12.1 Å². The maximum absolute atomic E-state index is 8.58. The molecule has 66 valence electrons. The first-order valence-corrected chi connectivity index (χ1v) is 3.87. The van der Waals surface area contributed by atoms with Crippen molar-refractivity contribution in [3.05, 3.63) is 24.0 Å². The van der Waals surface area contributed by atoms with Crippen LogP contribution < -0.4 is 11.1 Å². The number of aliphatic hydroxyl groups excluding tert-OH is 1. The molecule has 0 bridgehead atoms. The Morgan fingerprint density at radius 2 is 2.42 bits per heavy atom. The Balaban J connectivity index is 2.68. The minimum Gasteiger partial charge on any atom is -0.395 e. The fourth-order valence-corrected chi connectivity index (χ4v) is 0.952. The van der Waals surface area contributed by atoms with E-state index in [0.29, 0.717) is 13.1 Å². The Morgan fingerprint density at radius 1 is 1.58 bits per heavy atom. The number of rotatable bonds is 4. The number of hydrogen-bond acceptors (Lipinski definition) is 4. The van der Waals surface area contributed by atoms with Crippen molar-refractivity contribution in [2.75, 3.05) is 18.5 Å². The van der Waals surface area contributed by atoms with Crippen LogP contribution in [0.15, 0.2) is 18.3 Å². The summed E-state index contributed by atoms with van der Waals surface area (Å²) in [5.74, 6) is 0. The summed E-state index contributed by atoms with van der Waals surface area (Å²) in [5, 5.41) is 11.6. The van der Waals surface area contributed by atoms with Crippen molar-refractivity contribution in [3.63, 3.8) is 0 Å². The zero-order chi connectivity index (χ0) is 8.81. The summed E-state index contributed by atoms with van der Waals surface area (Å²) < 4.78 is 0. The van der Waals surface area contributed by atoms with Gasteiger partial charge in [-0.25, -0.2) is 0 Å². The summed E-state index contributed by atoms with van der Waals surface area (Å²) in [5.41, 5.74) is 7.18. The Labute approximate surface area is 71.4 Å². The lowest BCUT2D eigenvalue weighted by molar-refractivity contribution is 0.311. The highest BCUT2D eigenvalue weighted by Crippen LogP contribution is 2.09. The van der Waals surface area contributed by atoms with Crippen LogP contribution in [-0.2, 0) is 6.54 Å². The molecule has 0 radical (unpaired) electrons. The lowest BCUT2D eigenvalue weighted by Gasteiger charge is -2.07. The van der Waals surface area contributed by atoms with Crippen LogP contribution in [0.5, 0.6) is 0 Å². The molecule has 0 aliphatic rings. The summed E-state index contributed by atoms with van der Waals surface area (Å²) in [6.07, 6.45) is 1.70. The quantitative estimate of drug-likeness (QED) is 0.587. The van der Waals surface area contributed by atoms with Gasteiger partial charge in [-0.05, 0) is 12.1 Å². The third-order valence-electron chi connectivity index (χ3n) is 1.51. The van der Waals surface area contributed by atoms with Crippen LogP contribution in [0.4, 0.5) is 5.69 Å². The van der Waals surface area contributed by atoms with E-state index in [1.165, 1.54) is 0 Å². The average Bonchev–Trinajstić information content (AvgIpc) is 2.15. The van der Waals surface area contributed by atoms with Gasteiger partial charge < -0.3 is 16.2 Å². The second-order valence-corrected chi connectivity index (χ2v) is 2.35. The molecule has 4 heteroatoms. The molecule has 0 aromatic carbocycles. The van der Waals surface area contributed by atoms with Crippen LogP contribution >= 0.6 is 0 Å². The maximum atomic E-state index is 8.58. The number of pyridine rings is 1. The number of nitrogens with zero attached hydrogens (tertiary/aromatic N) is 1. The molecule has 1 rings (SSSR count). The molecule has 0 aliphatic heterocycles. The van der Waals surface area contributed by atoms with Crippen molar-refractivity contribution >= 4 is 5.69 Å². The first-order valence-electron chi connectivity index (χ1n) is 3.87. The number of aliphatic hydroxyl groups is 1. The predicted molar refractivity (Wildman–Crippen MR) is 47.7 cm³/mol. The number of nitrogens with one attached hydrogen (secondary N) is 1. The normalized spacial score (nSPS) is 9.83. The second kappa shape index (κ2) is 4.69. The first kappa shape index (κ1) is 8.96. The van der Waals surface area contributed by atoms with Crippen LogP contribution in [0.3, 0.4) is 0 Å². The molecule has 0 spiro atoms. The van der Waals surface area contributed by atoms with E-state index in [2.05, 4.69) is 10.3 Å². The number of anilines is 1. The molecular formula is C8H13N3O. The average molecular weight is 167 g/mol. The highest BCUT2D eigenvalue weighted by Gasteiger charge is 1.98. The third-order valence-corrected chi connectivity index (χ3v) is 1.51. The van der Waals surface area contributed by atoms with E-state index >= 15 is 0 Å². The summed E-state index contributed by atoms with van der Waals surface area (Å²) in [7, 11) is 0. The van der Waals surface area contributed by atoms with Gasteiger partial charge in [-0.2, -0.15) is 0 Å². The van der Waals surface area contributed by atoms with Crippen molar-refractivity contribution in [1.82, 2.24) is 4.98 Å². The smallest absolute Gasteiger partial charge is 0.0770 e. The van der Waals surface area contributed by atoms with Crippen molar-refractivity contribution in [2.45, 2.75) is 6.54 Å². The monoisotopic (exact) mass is 167 g/mol. The van der Waals surface area contributed by atoms with E-state index in [9.17, 15) is 0 Å². The zero-order valence-electron chi connectivity index (χ0n) is 6.83. The maximum Gasteiger partial charge on any atom is 0.0770 e. The Morgan fingerprint density at radius 3 is 3.08 bits per heavy atom. The molecule has 0 saturated carbocycles. The van der Waals surface area contributed by atoms with Gasteiger partial charge >= 0.3 is 0 Å². The Hall–Kier alpha value is -1.13. The van der Waals surface area contributed by atoms with Crippen molar-refractivity contribution in [2.24, 2.45) is 5.73 Å². The minimum absolute atomic E-state index is 0.110. The Bertz CT molecular complexity index is 239. The van der Waals surface area contributed by atoms with Crippen LogP contribution in [0.2, 0.25) is 0 Å². The van der Waals surface area contributed by atoms with Gasteiger partial charge in [0.15, 0.2) is 0 Å². The minimum atomic E-state index is 0.110. The van der Waals surface area contributed by atoms with E-state index in [1.54, 1.807) is 6.20 Å². The Kier molecular flexibility index (Phi) is 3.50. The lowest BCUT2D eigenvalue weighted by atomic mass is 10.3. The van der Waals surface area contributed by atoms with Crippen LogP contribution in [0, 0.1) is 0 Å². The predicted octanol–water partition coefficient (Wildman–Crippen LogP) is -0.0555. The third kappa shape index (κ3) is 2.18. The number of hydrogen-bond donors (Lipinski definition) is 3. The molecule has 0 atom stereocenters. The van der Waals surface area contributed by atoms with Crippen molar-refractivity contribution in [3.8, 4) is 0 Å². The first-order chi connectivity index (χ1) is 5.88. The molecular weight excluding hydrogens is 154 g/mol. The number of nitrogens with two attached hydrogens (primary N) is 1. The van der Waals surface area contributed by atoms with E-state index < -0.39 is 0 Å². The standard InChI is InChI=1S/C8H13N3O/c9-6-8-7(11-4-5-12)2-1-3-10-8/h1-3,11-12H,4-6,9H2. The van der Waals surface area contributed by atoms with Crippen molar-refractivity contribution < 1.29 is 5.11 Å². The van der Waals surface area contributed by atoms with Gasteiger partial charge in [0.05, 0.1) is 18.0 Å². The van der Waals surface area contributed by atoms with E-state index in [0.717, 1.165) is 11.4 Å². The summed E-state index contributed by atoms with van der Waals surface area (Å²) >= 11 is 0. The molecule has 1 aromatic heterocycles. The molecule has 4 nitrogen and oxygen atoms in total. The van der Waals surface area contributed by atoms with Gasteiger partial charge in [0.1, 0.15) is 0 Å². The summed E-state index contributed by atoms with van der Waals surface area (Å²) in [6.45, 7) is 1.05. The second-order valence-electron chi connectivity index (χ2n) is 2.35. The molecule has 0 aliphatic carbocycles.